The van der Waals surface area contributed by atoms with E-state index in [9.17, 15) is 10.1 Å². The number of rotatable bonds is 7. The normalized spacial score (nSPS) is 10.9. The Bertz CT molecular complexity index is 830. The average molecular weight is 368 g/mol. The first-order valence-corrected chi connectivity index (χ1v) is 8.97. The molecule has 0 aromatic heterocycles. The van der Waals surface area contributed by atoms with E-state index < -0.39 is 5.91 Å². The first-order valence-electron chi connectivity index (χ1n) is 8.59. The highest BCUT2D eigenvalue weighted by molar-refractivity contribution is 6.31. The van der Waals surface area contributed by atoms with Gasteiger partial charge in [0.25, 0.3) is 5.91 Å². The SMILES string of the molecule is CCc1cccc(CC)c1N/C=C(/C#N)C(=O)NCc1ccccc1Cl. The zero-order valence-corrected chi connectivity index (χ0v) is 15.7. The first kappa shape index (κ1) is 19.6. The van der Waals surface area contributed by atoms with Crippen molar-refractivity contribution >= 4 is 23.2 Å². The number of nitrogens with zero attached hydrogens (tertiary/aromatic N) is 1. The van der Waals surface area contributed by atoms with E-state index in [0.29, 0.717) is 5.02 Å². The molecule has 0 atom stereocenters. The van der Waals surface area contributed by atoms with Crippen LogP contribution in [0.15, 0.2) is 54.2 Å². The summed E-state index contributed by atoms with van der Waals surface area (Å²) in [5, 5.41) is 15.8. The van der Waals surface area contributed by atoms with Crippen LogP contribution in [0.2, 0.25) is 5.02 Å². The molecule has 0 saturated carbocycles. The van der Waals surface area contributed by atoms with Crippen LogP contribution in [0.25, 0.3) is 0 Å². The molecular weight excluding hydrogens is 346 g/mol. The molecule has 2 rings (SSSR count). The first-order chi connectivity index (χ1) is 12.6. The smallest absolute Gasteiger partial charge is 0.263 e. The standard InChI is InChI=1S/C21H22ClN3O/c1-3-15-9-7-10-16(4-2)20(15)24-14-18(12-23)21(26)25-13-17-8-5-6-11-19(17)22/h5-11,14,24H,3-4,13H2,1-2H3,(H,25,26)/b18-14-. The molecule has 2 N–H and O–H groups in total. The van der Waals surface area contributed by atoms with Crippen LogP contribution in [0.4, 0.5) is 5.69 Å². The molecule has 2 aromatic rings. The third-order valence-electron chi connectivity index (χ3n) is 4.12. The Morgan fingerprint density at radius 2 is 1.69 bits per heavy atom. The van der Waals surface area contributed by atoms with Crippen LogP contribution in [-0.4, -0.2) is 5.91 Å². The molecule has 0 aliphatic heterocycles. The molecule has 26 heavy (non-hydrogen) atoms. The number of hydrogen-bond acceptors (Lipinski definition) is 3. The third kappa shape index (κ3) is 4.87. The van der Waals surface area contributed by atoms with Gasteiger partial charge >= 0.3 is 0 Å². The monoisotopic (exact) mass is 367 g/mol. The van der Waals surface area contributed by atoms with Gasteiger partial charge in [0.15, 0.2) is 0 Å². The number of anilines is 1. The molecule has 0 bridgehead atoms. The minimum atomic E-state index is -0.438. The predicted octanol–water partition coefficient (Wildman–Crippen LogP) is 4.60. The molecule has 0 radical (unpaired) electrons. The lowest BCUT2D eigenvalue weighted by molar-refractivity contribution is -0.117. The van der Waals surface area contributed by atoms with E-state index in [4.69, 9.17) is 11.6 Å². The second kappa shape index (κ2) is 9.65. The Hall–Kier alpha value is -2.77. The third-order valence-corrected chi connectivity index (χ3v) is 4.49. The van der Waals surface area contributed by atoms with Crippen molar-refractivity contribution in [3.8, 4) is 6.07 Å². The van der Waals surface area contributed by atoms with Crippen LogP contribution in [0.5, 0.6) is 0 Å². The topological polar surface area (TPSA) is 64.9 Å². The van der Waals surface area contributed by atoms with Crippen LogP contribution in [0, 0.1) is 11.3 Å². The molecule has 0 unspecified atom stereocenters. The molecule has 0 spiro atoms. The molecule has 0 aliphatic carbocycles. The highest BCUT2D eigenvalue weighted by Gasteiger charge is 2.11. The van der Waals surface area contributed by atoms with Crippen molar-refractivity contribution < 1.29 is 4.79 Å². The van der Waals surface area contributed by atoms with E-state index in [1.54, 1.807) is 6.07 Å². The van der Waals surface area contributed by atoms with Crippen LogP contribution >= 0.6 is 11.6 Å². The fraction of sp³-hybridized carbons (Fsp3) is 0.238. The van der Waals surface area contributed by atoms with Crippen LogP contribution in [-0.2, 0) is 24.2 Å². The number of nitrogens with one attached hydrogen (secondary N) is 2. The summed E-state index contributed by atoms with van der Waals surface area (Å²) >= 11 is 6.09. The Labute approximate surface area is 159 Å². The van der Waals surface area contributed by atoms with E-state index in [1.807, 2.05) is 42.5 Å². The molecular formula is C21H22ClN3O. The molecule has 2 aromatic carbocycles. The maximum absolute atomic E-state index is 12.3. The summed E-state index contributed by atoms with van der Waals surface area (Å²) in [5.41, 5.74) is 4.08. The number of amides is 1. The Morgan fingerprint density at radius 1 is 1.08 bits per heavy atom. The van der Waals surface area contributed by atoms with Gasteiger partial charge in [0.05, 0.1) is 0 Å². The largest absolute Gasteiger partial charge is 0.360 e. The fourth-order valence-electron chi connectivity index (χ4n) is 2.63. The Morgan fingerprint density at radius 3 is 2.27 bits per heavy atom. The van der Waals surface area contributed by atoms with Gasteiger partial charge in [0.2, 0.25) is 0 Å². The summed E-state index contributed by atoms with van der Waals surface area (Å²) < 4.78 is 0. The zero-order chi connectivity index (χ0) is 18.9. The lowest BCUT2D eigenvalue weighted by Gasteiger charge is -2.13. The number of aryl methyl sites for hydroxylation is 2. The van der Waals surface area contributed by atoms with Crippen LogP contribution in [0.1, 0.15) is 30.5 Å². The van der Waals surface area contributed by atoms with Gasteiger partial charge in [-0.15, -0.1) is 0 Å². The van der Waals surface area contributed by atoms with Crippen molar-refractivity contribution in [1.29, 1.82) is 5.26 Å². The number of nitriles is 1. The molecule has 1 amide bonds. The maximum Gasteiger partial charge on any atom is 0.263 e. The Balaban J connectivity index is 2.12. The van der Waals surface area contributed by atoms with Crippen molar-refractivity contribution in [2.24, 2.45) is 0 Å². The molecule has 0 fully saturated rings. The van der Waals surface area contributed by atoms with Gasteiger partial charge in [-0.2, -0.15) is 5.26 Å². The minimum absolute atomic E-state index is 0.0185. The van der Waals surface area contributed by atoms with Gasteiger partial charge in [-0.1, -0.05) is 61.8 Å². The van der Waals surface area contributed by atoms with E-state index >= 15 is 0 Å². The minimum Gasteiger partial charge on any atom is -0.360 e. The molecule has 4 nitrogen and oxygen atoms in total. The van der Waals surface area contributed by atoms with Crippen molar-refractivity contribution in [1.82, 2.24) is 5.32 Å². The highest BCUT2D eigenvalue weighted by atomic mass is 35.5. The summed E-state index contributed by atoms with van der Waals surface area (Å²) in [6.45, 7) is 4.42. The Kier molecular flexibility index (Phi) is 7.25. The second-order valence-corrected chi connectivity index (χ2v) is 6.15. The van der Waals surface area contributed by atoms with E-state index in [1.165, 1.54) is 6.20 Å². The molecule has 134 valence electrons. The number of halogens is 1. The average Bonchev–Trinajstić information content (AvgIpc) is 2.67. The van der Waals surface area contributed by atoms with Crippen molar-refractivity contribution in [2.75, 3.05) is 5.32 Å². The van der Waals surface area contributed by atoms with E-state index in [2.05, 4.69) is 24.5 Å². The van der Waals surface area contributed by atoms with E-state index in [0.717, 1.165) is 35.2 Å². The van der Waals surface area contributed by atoms with Crippen molar-refractivity contribution in [3.63, 3.8) is 0 Å². The van der Waals surface area contributed by atoms with Gasteiger partial charge < -0.3 is 10.6 Å². The molecule has 0 aliphatic rings. The van der Waals surface area contributed by atoms with Crippen molar-refractivity contribution in [3.05, 3.63) is 76.0 Å². The second-order valence-electron chi connectivity index (χ2n) is 5.75. The summed E-state index contributed by atoms with van der Waals surface area (Å²) in [7, 11) is 0. The number of hydrogen-bond donors (Lipinski definition) is 2. The number of para-hydroxylation sites is 1. The van der Waals surface area contributed by atoms with Crippen LogP contribution < -0.4 is 10.6 Å². The summed E-state index contributed by atoms with van der Waals surface area (Å²) in [6.07, 6.45) is 3.20. The lowest BCUT2D eigenvalue weighted by Crippen LogP contribution is -2.24. The van der Waals surface area contributed by atoms with Gasteiger partial charge in [-0.3, -0.25) is 4.79 Å². The maximum atomic E-state index is 12.3. The van der Waals surface area contributed by atoms with E-state index in [-0.39, 0.29) is 12.1 Å². The number of carbonyl (C=O) groups excluding carboxylic acids is 1. The summed E-state index contributed by atoms with van der Waals surface area (Å²) in [6, 6.07) is 15.3. The quantitative estimate of drug-likeness (QED) is 0.555. The zero-order valence-electron chi connectivity index (χ0n) is 15.0. The predicted molar refractivity (Wildman–Crippen MR) is 106 cm³/mol. The number of benzene rings is 2. The summed E-state index contributed by atoms with van der Waals surface area (Å²) in [4.78, 5) is 12.3. The molecule has 0 heterocycles. The lowest BCUT2D eigenvalue weighted by atomic mass is 10.0. The van der Waals surface area contributed by atoms with Crippen LogP contribution in [0.3, 0.4) is 0 Å². The van der Waals surface area contributed by atoms with Gasteiger partial charge in [-0.05, 0) is 35.6 Å². The van der Waals surface area contributed by atoms with Crippen molar-refractivity contribution in [2.45, 2.75) is 33.2 Å². The van der Waals surface area contributed by atoms with Gasteiger partial charge in [0.1, 0.15) is 11.6 Å². The summed E-state index contributed by atoms with van der Waals surface area (Å²) in [5.74, 6) is -0.438. The van der Waals surface area contributed by atoms with Gasteiger partial charge in [-0.25, -0.2) is 0 Å². The van der Waals surface area contributed by atoms with Gasteiger partial charge in [0, 0.05) is 23.5 Å². The number of carbonyl (C=O) groups is 1. The molecule has 0 saturated heterocycles. The molecule has 5 heteroatoms. The fourth-order valence-corrected chi connectivity index (χ4v) is 2.84. The highest BCUT2D eigenvalue weighted by Crippen LogP contribution is 2.23.